The van der Waals surface area contributed by atoms with Crippen molar-refractivity contribution in [1.82, 2.24) is 4.98 Å². The molecule has 16 heavy (non-hydrogen) atoms. The SMILES string of the molecule is CS(=O)(=O)CCCC(O)c1ncccc1Br. The molecular weight excluding hydrogens is 294 g/mol. The van der Waals surface area contributed by atoms with Gasteiger partial charge in [0.05, 0.1) is 11.8 Å². The molecule has 0 aliphatic heterocycles. The third kappa shape index (κ3) is 4.59. The molecule has 1 N–H and O–H groups in total. The van der Waals surface area contributed by atoms with E-state index in [-0.39, 0.29) is 5.75 Å². The van der Waals surface area contributed by atoms with E-state index in [1.54, 1.807) is 18.3 Å². The highest BCUT2D eigenvalue weighted by Gasteiger charge is 2.13. The lowest BCUT2D eigenvalue weighted by Crippen LogP contribution is -2.07. The molecule has 0 bridgehead atoms. The number of pyridine rings is 1. The predicted octanol–water partition coefficient (Wildman–Crippen LogP) is 1.70. The molecule has 1 heterocycles. The number of aliphatic hydroxyl groups is 1. The maximum atomic E-state index is 10.9. The first-order valence-corrected chi connectivity index (χ1v) is 7.72. The van der Waals surface area contributed by atoms with E-state index in [2.05, 4.69) is 20.9 Å². The molecule has 4 nitrogen and oxygen atoms in total. The first kappa shape index (κ1) is 13.6. The Morgan fingerprint density at radius 2 is 2.25 bits per heavy atom. The van der Waals surface area contributed by atoms with Crippen molar-refractivity contribution in [3.63, 3.8) is 0 Å². The molecular formula is C10H14BrNO3S. The monoisotopic (exact) mass is 307 g/mol. The van der Waals surface area contributed by atoms with Crippen LogP contribution in [0, 0.1) is 0 Å². The van der Waals surface area contributed by atoms with Crippen molar-refractivity contribution in [1.29, 1.82) is 0 Å². The van der Waals surface area contributed by atoms with Crippen molar-refractivity contribution in [2.24, 2.45) is 0 Å². The maximum absolute atomic E-state index is 10.9. The zero-order chi connectivity index (χ0) is 12.2. The van der Waals surface area contributed by atoms with Gasteiger partial charge in [0.15, 0.2) is 0 Å². The molecule has 0 radical (unpaired) electrons. The third-order valence-electron chi connectivity index (χ3n) is 2.10. The lowest BCUT2D eigenvalue weighted by atomic mass is 10.1. The van der Waals surface area contributed by atoms with Crippen molar-refractivity contribution in [3.05, 3.63) is 28.5 Å². The fraction of sp³-hybridized carbons (Fsp3) is 0.500. The normalized spacial score (nSPS) is 13.7. The number of nitrogens with zero attached hydrogens (tertiary/aromatic N) is 1. The number of halogens is 1. The molecule has 0 saturated carbocycles. The van der Waals surface area contributed by atoms with Gasteiger partial charge in [-0.2, -0.15) is 0 Å². The van der Waals surface area contributed by atoms with Crippen molar-refractivity contribution in [3.8, 4) is 0 Å². The average Bonchev–Trinajstić information content (AvgIpc) is 2.16. The third-order valence-corrected chi connectivity index (χ3v) is 3.80. The number of aliphatic hydroxyl groups excluding tert-OH is 1. The summed E-state index contributed by atoms with van der Waals surface area (Å²) in [5.41, 5.74) is 0.552. The van der Waals surface area contributed by atoms with E-state index in [0.717, 1.165) is 4.47 Å². The van der Waals surface area contributed by atoms with E-state index in [0.29, 0.717) is 18.5 Å². The zero-order valence-electron chi connectivity index (χ0n) is 8.93. The Labute approximate surface area is 104 Å². The van der Waals surface area contributed by atoms with Gasteiger partial charge in [-0.1, -0.05) is 0 Å². The van der Waals surface area contributed by atoms with Crippen molar-refractivity contribution < 1.29 is 13.5 Å². The summed E-state index contributed by atoms with van der Waals surface area (Å²) in [4.78, 5) is 4.05. The van der Waals surface area contributed by atoms with Gasteiger partial charge in [-0.15, -0.1) is 0 Å². The molecule has 0 amide bonds. The number of hydrogen-bond acceptors (Lipinski definition) is 4. The van der Waals surface area contributed by atoms with Crippen LogP contribution in [-0.2, 0) is 9.84 Å². The van der Waals surface area contributed by atoms with Gasteiger partial charge in [-0.05, 0) is 40.9 Å². The van der Waals surface area contributed by atoms with E-state index in [1.807, 2.05) is 0 Å². The van der Waals surface area contributed by atoms with Crippen LogP contribution in [0.2, 0.25) is 0 Å². The standard InChI is InChI=1S/C10H14BrNO3S/c1-16(14,15)7-3-5-9(13)10-8(11)4-2-6-12-10/h2,4,6,9,13H,3,5,7H2,1H3. The molecule has 1 rings (SSSR count). The van der Waals surface area contributed by atoms with Crippen molar-refractivity contribution >= 4 is 25.8 Å². The minimum atomic E-state index is -2.96. The van der Waals surface area contributed by atoms with Gasteiger partial charge in [0.25, 0.3) is 0 Å². The lowest BCUT2D eigenvalue weighted by Gasteiger charge is -2.10. The Kier molecular flexibility index (Phi) is 4.89. The highest BCUT2D eigenvalue weighted by Crippen LogP contribution is 2.23. The Balaban J connectivity index is 2.54. The molecule has 1 unspecified atom stereocenters. The topological polar surface area (TPSA) is 67.3 Å². The molecule has 0 aliphatic carbocycles. The van der Waals surface area contributed by atoms with Crippen LogP contribution >= 0.6 is 15.9 Å². The second-order valence-corrected chi connectivity index (χ2v) is 6.77. The number of hydrogen-bond donors (Lipinski definition) is 1. The first-order valence-electron chi connectivity index (χ1n) is 4.86. The van der Waals surface area contributed by atoms with E-state index < -0.39 is 15.9 Å². The molecule has 1 aromatic heterocycles. The van der Waals surface area contributed by atoms with E-state index in [1.165, 1.54) is 6.26 Å². The Hall–Kier alpha value is -0.460. The van der Waals surface area contributed by atoms with Gasteiger partial charge in [-0.25, -0.2) is 8.42 Å². The van der Waals surface area contributed by atoms with Crippen molar-refractivity contribution in [2.75, 3.05) is 12.0 Å². The fourth-order valence-corrected chi connectivity index (χ4v) is 2.53. The molecule has 1 aromatic rings. The predicted molar refractivity (Wildman–Crippen MR) is 65.8 cm³/mol. The molecule has 0 saturated heterocycles. The maximum Gasteiger partial charge on any atom is 0.147 e. The second kappa shape index (κ2) is 5.75. The number of aromatic nitrogens is 1. The van der Waals surface area contributed by atoms with Gasteiger partial charge < -0.3 is 5.11 Å². The van der Waals surface area contributed by atoms with Crippen LogP contribution < -0.4 is 0 Å². The summed E-state index contributed by atoms with van der Waals surface area (Å²) in [5.74, 6) is 0.0918. The average molecular weight is 308 g/mol. The summed E-state index contributed by atoms with van der Waals surface area (Å²) in [6, 6.07) is 3.55. The molecule has 0 spiro atoms. The van der Waals surface area contributed by atoms with Gasteiger partial charge in [-0.3, -0.25) is 4.98 Å². The summed E-state index contributed by atoms with van der Waals surface area (Å²) >= 11 is 3.29. The zero-order valence-corrected chi connectivity index (χ0v) is 11.3. The Morgan fingerprint density at radius 3 is 2.81 bits per heavy atom. The highest BCUT2D eigenvalue weighted by atomic mass is 79.9. The van der Waals surface area contributed by atoms with Crippen LogP contribution in [-0.4, -0.2) is 30.5 Å². The van der Waals surface area contributed by atoms with Crippen LogP contribution in [0.15, 0.2) is 22.8 Å². The summed E-state index contributed by atoms with van der Waals surface area (Å²) in [7, 11) is -2.96. The molecule has 6 heteroatoms. The highest BCUT2D eigenvalue weighted by molar-refractivity contribution is 9.10. The minimum Gasteiger partial charge on any atom is -0.387 e. The molecule has 1 atom stereocenters. The molecule has 0 fully saturated rings. The van der Waals surface area contributed by atoms with Crippen LogP contribution in [0.5, 0.6) is 0 Å². The summed E-state index contributed by atoms with van der Waals surface area (Å²) in [6.07, 6.45) is 2.89. The van der Waals surface area contributed by atoms with Crippen LogP contribution in [0.1, 0.15) is 24.6 Å². The van der Waals surface area contributed by atoms with E-state index in [4.69, 9.17) is 0 Å². The summed E-state index contributed by atoms with van der Waals surface area (Å²) in [5, 5.41) is 9.81. The molecule has 0 aromatic carbocycles. The van der Waals surface area contributed by atoms with Crippen LogP contribution in [0.25, 0.3) is 0 Å². The summed E-state index contributed by atoms with van der Waals surface area (Å²) in [6.45, 7) is 0. The van der Waals surface area contributed by atoms with Crippen LogP contribution in [0.3, 0.4) is 0 Å². The first-order chi connectivity index (χ1) is 7.40. The number of rotatable bonds is 5. The largest absolute Gasteiger partial charge is 0.387 e. The van der Waals surface area contributed by atoms with Gasteiger partial charge in [0, 0.05) is 22.7 Å². The molecule has 0 aliphatic rings. The number of sulfone groups is 1. The van der Waals surface area contributed by atoms with Gasteiger partial charge >= 0.3 is 0 Å². The van der Waals surface area contributed by atoms with E-state index >= 15 is 0 Å². The van der Waals surface area contributed by atoms with Crippen molar-refractivity contribution in [2.45, 2.75) is 18.9 Å². The van der Waals surface area contributed by atoms with Crippen LogP contribution in [0.4, 0.5) is 0 Å². The Bertz CT molecular complexity index is 447. The lowest BCUT2D eigenvalue weighted by molar-refractivity contribution is 0.161. The molecule has 90 valence electrons. The quantitative estimate of drug-likeness (QED) is 0.899. The minimum absolute atomic E-state index is 0.0918. The van der Waals surface area contributed by atoms with Gasteiger partial charge in [0.2, 0.25) is 0 Å². The summed E-state index contributed by atoms with van der Waals surface area (Å²) < 4.78 is 22.6. The Morgan fingerprint density at radius 1 is 1.56 bits per heavy atom. The second-order valence-electron chi connectivity index (χ2n) is 3.66. The van der Waals surface area contributed by atoms with E-state index in [9.17, 15) is 13.5 Å². The van der Waals surface area contributed by atoms with Gasteiger partial charge in [0.1, 0.15) is 9.84 Å². The fourth-order valence-electron chi connectivity index (χ4n) is 1.32. The smallest absolute Gasteiger partial charge is 0.147 e.